The van der Waals surface area contributed by atoms with E-state index in [0.717, 1.165) is 0 Å². The van der Waals surface area contributed by atoms with Gasteiger partial charge in [0.2, 0.25) is 18.2 Å². The number of hydrogen-bond donors (Lipinski definition) is 4. The van der Waals surface area contributed by atoms with Gasteiger partial charge in [-0.15, -0.1) is 0 Å². The molecule has 0 aromatic heterocycles. The van der Waals surface area contributed by atoms with Gasteiger partial charge in [-0.3, -0.25) is 0 Å². The third kappa shape index (κ3) is 1.39. The Labute approximate surface area is 90.3 Å². The summed E-state index contributed by atoms with van der Waals surface area (Å²) in [4.78, 5) is 10.8. The first-order chi connectivity index (χ1) is 7.36. The molecule has 0 aliphatic carbocycles. The van der Waals surface area contributed by atoms with E-state index < -0.39 is 47.0 Å². The summed E-state index contributed by atoms with van der Waals surface area (Å²) in [6.07, 6.45) is -4.03. The number of carbonyl (C=O) groups is 1. The van der Waals surface area contributed by atoms with Crippen molar-refractivity contribution in [1.82, 2.24) is 0 Å². The Morgan fingerprint density at radius 3 is 2.38 bits per heavy atom. The zero-order valence-electron chi connectivity index (χ0n) is 7.39. The van der Waals surface area contributed by atoms with Crippen molar-refractivity contribution in [2.75, 3.05) is 0 Å². The van der Waals surface area contributed by atoms with Gasteiger partial charge in [0.1, 0.15) is 0 Å². The molecule has 2 aliphatic heterocycles. The van der Waals surface area contributed by atoms with Crippen LogP contribution in [0.5, 0.6) is 0 Å². The molecule has 16 heavy (non-hydrogen) atoms. The number of hydrogen-bond acceptors (Lipinski definition) is 9. The fraction of sp³-hybridized carbons (Fsp3) is 0.500. The molecule has 2 unspecified atom stereocenters. The van der Waals surface area contributed by atoms with Crippen molar-refractivity contribution >= 4 is 17.3 Å². The van der Waals surface area contributed by atoms with E-state index >= 15 is 0 Å². The molecule has 4 N–H and O–H groups in total. The maximum absolute atomic E-state index is 10.8. The summed E-state index contributed by atoms with van der Waals surface area (Å²) in [5, 5.41) is 37.0. The normalized spacial score (nSPS) is 43.9. The van der Waals surface area contributed by atoms with Crippen molar-refractivity contribution in [2.45, 2.75) is 18.2 Å². The second-order valence-electron chi connectivity index (χ2n) is 3.01. The predicted octanol–water partition coefficient (Wildman–Crippen LogP) is -2.13. The number of aliphatic hydroxyl groups excluding tert-OH is 3. The first kappa shape index (κ1) is 11.3. The lowest BCUT2D eigenvalue weighted by Gasteiger charge is -2.26. The predicted molar refractivity (Wildman–Crippen MR) is 43.4 cm³/mol. The van der Waals surface area contributed by atoms with Gasteiger partial charge in [0.25, 0.3) is 5.79 Å². The quantitative estimate of drug-likeness (QED) is 0.386. The van der Waals surface area contributed by atoms with Crippen molar-refractivity contribution in [3.05, 3.63) is 11.5 Å². The zero-order valence-corrected chi connectivity index (χ0v) is 8.21. The van der Waals surface area contributed by atoms with Crippen LogP contribution in [0.25, 0.3) is 0 Å². The van der Waals surface area contributed by atoms with Gasteiger partial charge in [-0.25, -0.2) is 13.2 Å². The van der Waals surface area contributed by atoms with E-state index in [1.54, 1.807) is 0 Å². The fourth-order valence-electron chi connectivity index (χ4n) is 1.21. The molecule has 0 radical (unpaired) electrons. The van der Waals surface area contributed by atoms with Crippen LogP contribution in [0.1, 0.15) is 0 Å². The van der Waals surface area contributed by atoms with E-state index in [2.05, 4.69) is 13.1 Å². The van der Waals surface area contributed by atoms with Gasteiger partial charge in [-0.1, -0.05) is 0 Å². The van der Waals surface area contributed by atoms with E-state index in [-0.39, 0.29) is 0 Å². The molecule has 2 heterocycles. The minimum atomic E-state index is -2.74. The maximum atomic E-state index is 10.8. The number of rotatable bonds is 1. The molecule has 0 bridgehead atoms. The van der Waals surface area contributed by atoms with Gasteiger partial charge in [-0.05, 0) is 0 Å². The lowest BCUT2D eigenvalue weighted by molar-refractivity contribution is -0.266. The van der Waals surface area contributed by atoms with E-state index in [0.29, 0.717) is 0 Å². The third-order valence-corrected chi connectivity index (χ3v) is 2.75. The lowest BCUT2D eigenvalue weighted by atomic mass is 10.1. The molecule has 4 atom stereocenters. The van der Waals surface area contributed by atoms with Crippen molar-refractivity contribution in [2.24, 2.45) is 0 Å². The highest BCUT2D eigenvalue weighted by atomic mass is 32.2. The zero-order chi connectivity index (χ0) is 12.1. The van der Waals surface area contributed by atoms with Gasteiger partial charge >= 0.3 is 17.3 Å². The van der Waals surface area contributed by atoms with Crippen LogP contribution in [0.2, 0.25) is 0 Å². The van der Waals surface area contributed by atoms with Crippen molar-refractivity contribution in [3.63, 3.8) is 0 Å². The van der Waals surface area contributed by atoms with Gasteiger partial charge in [0.15, 0.2) is 5.76 Å². The maximum Gasteiger partial charge on any atom is 0.378 e. The second-order valence-corrected chi connectivity index (χ2v) is 3.77. The Bertz CT molecular complexity index is 403. The number of aliphatic hydroxyl groups is 4. The van der Waals surface area contributed by atoms with Crippen LogP contribution in [-0.4, -0.2) is 48.8 Å². The highest BCUT2D eigenvalue weighted by molar-refractivity contribution is 7.75. The monoisotopic (exact) mass is 254 g/mol. The summed E-state index contributed by atoms with van der Waals surface area (Å²) in [6, 6.07) is 0. The Morgan fingerprint density at radius 1 is 1.38 bits per heavy atom. The Morgan fingerprint density at radius 2 is 2.00 bits per heavy atom. The molecule has 0 aromatic carbocycles. The van der Waals surface area contributed by atoms with E-state index in [4.69, 9.17) is 5.11 Å². The Kier molecular flexibility index (Phi) is 2.40. The van der Waals surface area contributed by atoms with Crippen LogP contribution in [-0.2, 0) is 29.3 Å². The number of cyclic esters (lactones) is 1. The van der Waals surface area contributed by atoms with E-state index in [9.17, 15) is 24.3 Å². The van der Waals surface area contributed by atoms with Crippen molar-refractivity contribution in [1.29, 1.82) is 0 Å². The number of ether oxygens (including phenoxy) is 1. The molecule has 2 aliphatic rings. The van der Waals surface area contributed by atoms with Gasteiger partial charge in [-0.2, -0.15) is 4.21 Å². The third-order valence-electron chi connectivity index (χ3n) is 2.01. The molecule has 1 saturated heterocycles. The minimum Gasteiger partial charge on any atom is -0.505 e. The highest BCUT2D eigenvalue weighted by Crippen LogP contribution is 2.36. The lowest BCUT2D eigenvalue weighted by Crippen LogP contribution is -2.51. The van der Waals surface area contributed by atoms with Crippen LogP contribution in [0.4, 0.5) is 0 Å². The van der Waals surface area contributed by atoms with Gasteiger partial charge < -0.3 is 25.2 Å². The molecule has 0 aromatic rings. The van der Waals surface area contributed by atoms with Crippen LogP contribution in [0.3, 0.4) is 0 Å². The molecule has 0 amide bonds. The molecule has 9 nitrogen and oxygen atoms in total. The Hall–Kier alpha value is -1.20. The minimum absolute atomic E-state index is 1.05. The van der Waals surface area contributed by atoms with Gasteiger partial charge in [0, 0.05) is 0 Å². The summed E-state index contributed by atoms with van der Waals surface area (Å²) >= 11 is -2.46. The van der Waals surface area contributed by atoms with Gasteiger partial charge in [0.05, 0.1) is 0 Å². The van der Waals surface area contributed by atoms with Crippen molar-refractivity contribution < 1.29 is 42.5 Å². The molecule has 0 spiro atoms. The number of esters is 1. The van der Waals surface area contributed by atoms with Crippen LogP contribution >= 0.6 is 0 Å². The average molecular weight is 254 g/mol. The molecule has 90 valence electrons. The SMILES string of the molecule is O=C1O[C@H]([C@]2(O)OS(=O)OC2O)C(O)=C1O. The molecular formula is C6H6O9S. The summed E-state index contributed by atoms with van der Waals surface area (Å²) in [6.45, 7) is 0. The van der Waals surface area contributed by atoms with Crippen LogP contribution in [0.15, 0.2) is 11.5 Å². The van der Waals surface area contributed by atoms with Crippen LogP contribution < -0.4 is 0 Å². The summed E-state index contributed by atoms with van der Waals surface area (Å²) in [5.74, 6) is -6.24. The van der Waals surface area contributed by atoms with Crippen LogP contribution in [0, 0.1) is 0 Å². The molecule has 1 fully saturated rings. The van der Waals surface area contributed by atoms with E-state index in [1.165, 1.54) is 0 Å². The molecule has 2 rings (SSSR count). The smallest absolute Gasteiger partial charge is 0.378 e. The molecule has 10 heteroatoms. The van der Waals surface area contributed by atoms with Crippen molar-refractivity contribution in [3.8, 4) is 0 Å². The van der Waals surface area contributed by atoms with E-state index in [1.807, 2.05) is 0 Å². The molecular weight excluding hydrogens is 248 g/mol. The molecule has 0 saturated carbocycles. The Balaban J connectivity index is 2.33. The average Bonchev–Trinajstić information content (AvgIpc) is 2.60. The fourth-order valence-corrected chi connectivity index (χ4v) is 1.93. The largest absolute Gasteiger partial charge is 0.505 e. The first-order valence-electron chi connectivity index (χ1n) is 3.88. The highest BCUT2D eigenvalue weighted by Gasteiger charge is 2.61. The number of carbonyl (C=O) groups excluding carboxylic acids is 1. The summed E-state index contributed by atoms with van der Waals surface area (Å²) < 4.78 is 23.5. The topological polar surface area (TPSA) is 143 Å². The second kappa shape index (κ2) is 3.40. The summed E-state index contributed by atoms with van der Waals surface area (Å²) in [7, 11) is 0. The first-order valence-corrected chi connectivity index (χ1v) is 4.88. The summed E-state index contributed by atoms with van der Waals surface area (Å²) in [5.41, 5.74) is 0. The standard InChI is InChI=1S/C6H6O9S/c7-1-2(8)4(9)13-3(1)6(11)5(10)14-16(12)15-6/h3,5,7-8,10-11H/t3-,5?,6-,16?/m0/s1.